The number of methoxy groups -OCH3 is 1. The highest BCUT2D eigenvalue weighted by molar-refractivity contribution is 6.06. The van der Waals surface area contributed by atoms with E-state index in [1.54, 1.807) is 18.2 Å². The number of nitrogens with zero attached hydrogens (tertiary/aromatic N) is 5. The molecule has 4 aliphatic rings. The molecule has 0 unspecified atom stereocenters. The van der Waals surface area contributed by atoms with Gasteiger partial charge in [0.05, 0.1) is 36.8 Å². The van der Waals surface area contributed by atoms with Crippen LogP contribution in [-0.4, -0.2) is 112 Å². The van der Waals surface area contributed by atoms with Gasteiger partial charge in [0.15, 0.2) is 0 Å². The second-order valence-electron chi connectivity index (χ2n) is 13.9. The van der Waals surface area contributed by atoms with Gasteiger partial charge in [0.1, 0.15) is 17.4 Å². The van der Waals surface area contributed by atoms with Crippen molar-refractivity contribution < 1.29 is 14.4 Å². The van der Waals surface area contributed by atoms with Crippen LogP contribution in [0.4, 0.5) is 22.7 Å². The van der Waals surface area contributed by atoms with E-state index >= 15 is 0 Å². The van der Waals surface area contributed by atoms with Crippen molar-refractivity contribution in [1.82, 2.24) is 20.3 Å². The molecule has 6 N–H and O–H groups in total. The Morgan fingerprint density at radius 2 is 1.70 bits per heavy atom. The molecule has 3 saturated heterocycles. The van der Waals surface area contributed by atoms with Crippen LogP contribution in [-0.2, 0) is 16.1 Å². The van der Waals surface area contributed by atoms with Gasteiger partial charge in [-0.2, -0.15) is 0 Å². The molecule has 0 bridgehead atoms. The fourth-order valence-corrected chi connectivity index (χ4v) is 7.44. The minimum atomic E-state index is -0.302. The Kier molecular flexibility index (Phi) is 11.5. The number of rotatable bonds is 13. The average Bonchev–Trinajstić information content (AvgIpc) is 3.89. The maximum absolute atomic E-state index is 12.6. The van der Waals surface area contributed by atoms with Crippen LogP contribution in [0, 0.1) is 5.41 Å². The SMILES string of the molecule is C=CC(=O)Nc1cc(NC(=N)/C=C(\NN)N2OCC[C@@H]2Cc2cccc(N(C)C)c2)c(OC)cc1N1CCC(N2CCN(C3CC3)CC2)CC1. The molecule has 3 heterocycles. The van der Waals surface area contributed by atoms with Crippen LogP contribution in [0.5, 0.6) is 5.75 Å². The van der Waals surface area contributed by atoms with Crippen molar-refractivity contribution >= 4 is 34.5 Å². The Morgan fingerprint density at radius 1 is 1.00 bits per heavy atom. The summed E-state index contributed by atoms with van der Waals surface area (Å²) in [5.74, 6) is 6.77. The number of benzene rings is 2. The average molecular weight is 687 g/mol. The summed E-state index contributed by atoms with van der Waals surface area (Å²) in [5.41, 5.74) is 7.11. The van der Waals surface area contributed by atoms with Crippen LogP contribution < -0.4 is 36.4 Å². The highest BCUT2D eigenvalue weighted by Gasteiger charge is 2.34. The first-order valence-electron chi connectivity index (χ1n) is 17.9. The van der Waals surface area contributed by atoms with Crippen LogP contribution in [0.15, 0.2) is 61.0 Å². The lowest BCUT2D eigenvalue weighted by Gasteiger charge is -2.43. The minimum absolute atomic E-state index is 0.0357. The molecule has 1 aliphatic carbocycles. The molecular formula is C37H54N10O3. The van der Waals surface area contributed by atoms with Crippen molar-refractivity contribution in [2.24, 2.45) is 5.84 Å². The third-order valence-corrected chi connectivity index (χ3v) is 10.3. The standard InChI is InChI=1S/C37H54N10O3/c1-5-37(48)41-31-23-32(34(49-4)24-33(31)46-14-11-28(12-15-46)45-18-16-44(17-19-45)27-9-10-27)40-35(38)25-36(42-39)47-30(13-20-50-47)22-26-7-6-8-29(21-26)43(2)3/h5-8,21,23-25,27-28,30,42H,1,9-20,22,39H2,2-4H3,(H2,38,40)(H,41,48)/b36-25+/t30-/m1/s1. The van der Waals surface area contributed by atoms with Gasteiger partial charge in [-0.3, -0.25) is 24.8 Å². The Hall–Kier alpha value is -4.30. The van der Waals surface area contributed by atoms with Gasteiger partial charge in [0.2, 0.25) is 5.91 Å². The van der Waals surface area contributed by atoms with Crippen molar-refractivity contribution in [3.63, 3.8) is 0 Å². The lowest BCUT2D eigenvalue weighted by molar-refractivity contribution is -0.111. The molecule has 2 aromatic rings. The molecule has 1 amide bonds. The van der Waals surface area contributed by atoms with Crippen molar-refractivity contribution in [1.29, 1.82) is 5.41 Å². The molecule has 3 aliphatic heterocycles. The summed E-state index contributed by atoms with van der Waals surface area (Å²) in [7, 11) is 5.67. The summed E-state index contributed by atoms with van der Waals surface area (Å²) in [6, 6.07) is 13.6. The van der Waals surface area contributed by atoms with Gasteiger partial charge in [-0.15, -0.1) is 0 Å². The van der Waals surface area contributed by atoms with Gasteiger partial charge >= 0.3 is 0 Å². The summed E-state index contributed by atoms with van der Waals surface area (Å²) in [4.78, 5) is 28.3. The molecule has 4 fully saturated rings. The van der Waals surface area contributed by atoms with E-state index in [4.69, 9.17) is 20.8 Å². The molecule has 2 aromatic carbocycles. The number of hydrogen-bond acceptors (Lipinski definition) is 11. The summed E-state index contributed by atoms with van der Waals surface area (Å²) in [5, 5.41) is 16.8. The third-order valence-electron chi connectivity index (χ3n) is 10.3. The number of piperidine rings is 1. The van der Waals surface area contributed by atoms with E-state index in [0.717, 1.165) is 69.3 Å². The lowest BCUT2D eigenvalue weighted by Crippen LogP contribution is -2.53. The highest BCUT2D eigenvalue weighted by Crippen LogP contribution is 2.39. The second kappa shape index (κ2) is 16.2. The van der Waals surface area contributed by atoms with E-state index < -0.39 is 0 Å². The van der Waals surface area contributed by atoms with Crippen molar-refractivity contribution in [2.45, 2.75) is 56.7 Å². The fraction of sp³-hybridized carbons (Fsp3) is 0.514. The van der Waals surface area contributed by atoms with Crippen molar-refractivity contribution in [3.05, 3.63) is 66.5 Å². The van der Waals surface area contributed by atoms with Gasteiger partial charge in [0.25, 0.3) is 0 Å². The highest BCUT2D eigenvalue weighted by atomic mass is 16.7. The third kappa shape index (κ3) is 8.52. The summed E-state index contributed by atoms with van der Waals surface area (Å²) in [6.45, 7) is 10.6. The Bertz CT molecular complexity index is 1540. The van der Waals surface area contributed by atoms with Gasteiger partial charge in [-0.1, -0.05) is 18.7 Å². The van der Waals surface area contributed by atoms with Gasteiger partial charge in [0, 0.05) is 83.3 Å². The van der Waals surface area contributed by atoms with Crippen molar-refractivity contribution in [3.8, 4) is 5.75 Å². The fourth-order valence-electron chi connectivity index (χ4n) is 7.44. The van der Waals surface area contributed by atoms with Crippen molar-refractivity contribution in [2.75, 3.05) is 87.5 Å². The van der Waals surface area contributed by atoms with E-state index in [0.29, 0.717) is 35.6 Å². The molecular weight excluding hydrogens is 632 g/mol. The number of carbonyl (C=O) groups is 1. The van der Waals surface area contributed by atoms with Crippen LogP contribution in [0.2, 0.25) is 0 Å². The number of piperazine rings is 1. The van der Waals surface area contributed by atoms with E-state index in [-0.39, 0.29) is 17.8 Å². The Labute approximate surface area is 296 Å². The predicted octanol–water partition coefficient (Wildman–Crippen LogP) is 3.58. The number of carbonyl (C=O) groups excluding carboxylic acids is 1. The normalized spacial score (nSPS) is 20.8. The van der Waals surface area contributed by atoms with Gasteiger partial charge < -0.3 is 30.6 Å². The molecule has 1 saturated carbocycles. The zero-order chi connectivity index (χ0) is 35.2. The van der Waals surface area contributed by atoms with Crippen LogP contribution in [0.25, 0.3) is 0 Å². The van der Waals surface area contributed by atoms with E-state index in [1.165, 1.54) is 37.6 Å². The summed E-state index contributed by atoms with van der Waals surface area (Å²) >= 11 is 0. The summed E-state index contributed by atoms with van der Waals surface area (Å²) < 4.78 is 5.82. The number of anilines is 4. The number of ether oxygens (including phenoxy) is 1. The number of hydrogen-bond donors (Lipinski definition) is 5. The van der Waals surface area contributed by atoms with Crippen LogP contribution in [0.3, 0.4) is 0 Å². The molecule has 50 heavy (non-hydrogen) atoms. The largest absolute Gasteiger partial charge is 0.494 e. The number of amidine groups is 1. The number of nitrogens with two attached hydrogens (primary N) is 1. The molecule has 0 radical (unpaired) electrons. The van der Waals surface area contributed by atoms with E-state index in [9.17, 15) is 4.79 Å². The maximum Gasteiger partial charge on any atom is 0.247 e. The van der Waals surface area contributed by atoms with E-state index in [1.807, 2.05) is 26.2 Å². The minimum Gasteiger partial charge on any atom is -0.494 e. The number of hydrazine groups is 1. The molecule has 13 heteroatoms. The lowest BCUT2D eigenvalue weighted by atomic mass is 10.0. The molecule has 0 aromatic heterocycles. The molecule has 6 rings (SSSR count). The maximum atomic E-state index is 12.6. The zero-order valence-corrected chi connectivity index (χ0v) is 29.8. The predicted molar refractivity (Wildman–Crippen MR) is 201 cm³/mol. The first kappa shape index (κ1) is 35.5. The first-order valence-corrected chi connectivity index (χ1v) is 17.9. The van der Waals surface area contributed by atoms with Gasteiger partial charge in [-0.25, -0.2) is 10.9 Å². The number of amides is 1. The van der Waals surface area contributed by atoms with Crippen LogP contribution >= 0.6 is 0 Å². The monoisotopic (exact) mass is 686 g/mol. The molecule has 13 nitrogen and oxygen atoms in total. The first-order chi connectivity index (χ1) is 24.3. The molecule has 0 spiro atoms. The molecule has 1 atom stereocenters. The smallest absolute Gasteiger partial charge is 0.247 e. The Balaban J connectivity index is 1.14. The summed E-state index contributed by atoms with van der Waals surface area (Å²) in [6.07, 6.45) is 9.30. The Morgan fingerprint density at radius 3 is 2.32 bits per heavy atom. The second-order valence-corrected chi connectivity index (χ2v) is 13.9. The zero-order valence-electron chi connectivity index (χ0n) is 29.8. The number of nitrogens with one attached hydrogen (secondary N) is 4. The number of hydroxylamine groups is 2. The molecule has 270 valence electrons. The van der Waals surface area contributed by atoms with Gasteiger partial charge in [-0.05, 0) is 68.4 Å². The topological polar surface area (TPSA) is 138 Å². The van der Waals surface area contributed by atoms with Crippen LogP contribution in [0.1, 0.15) is 37.7 Å². The van der Waals surface area contributed by atoms with E-state index in [2.05, 4.69) is 66.5 Å². The quantitative estimate of drug-likeness (QED) is 0.0696.